The van der Waals surface area contributed by atoms with E-state index in [0.29, 0.717) is 23.1 Å². The summed E-state index contributed by atoms with van der Waals surface area (Å²) in [4.78, 5) is 0.306. The number of benzene rings is 2. The van der Waals surface area contributed by atoms with Crippen LogP contribution in [0.25, 0.3) is 10.9 Å². The van der Waals surface area contributed by atoms with Crippen LogP contribution in [0, 0.1) is 0 Å². The van der Waals surface area contributed by atoms with Gasteiger partial charge in [-0.05, 0) is 55.4 Å². The molecule has 33 heavy (non-hydrogen) atoms. The van der Waals surface area contributed by atoms with E-state index in [4.69, 9.17) is 17.0 Å². The molecule has 0 amide bonds. The number of ether oxygens (including phenoxy) is 1. The highest BCUT2D eigenvalue weighted by molar-refractivity contribution is 7.89. The van der Waals surface area contributed by atoms with Gasteiger partial charge >= 0.3 is 0 Å². The lowest BCUT2D eigenvalue weighted by Gasteiger charge is -2.25. The Bertz CT molecular complexity index is 1290. The van der Waals surface area contributed by atoms with Crippen LogP contribution in [0.2, 0.25) is 0 Å². The van der Waals surface area contributed by atoms with E-state index in [-0.39, 0.29) is 0 Å². The highest BCUT2D eigenvalue weighted by Crippen LogP contribution is 2.26. The number of sulfonamides is 1. The number of thiocarbonyl (C=S) groups is 1. The van der Waals surface area contributed by atoms with Gasteiger partial charge in [0, 0.05) is 54.6 Å². The van der Waals surface area contributed by atoms with Gasteiger partial charge in [0.2, 0.25) is 10.0 Å². The third kappa shape index (κ3) is 5.18. The predicted octanol–water partition coefficient (Wildman–Crippen LogP) is 3.68. The summed E-state index contributed by atoms with van der Waals surface area (Å²) in [6.45, 7) is 1.15. The summed E-state index contributed by atoms with van der Waals surface area (Å²) in [7, 11) is 0.00967. The topological polar surface area (TPSA) is 88.0 Å². The molecule has 10 heteroatoms. The van der Waals surface area contributed by atoms with Crippen molar-refractivity contribution in [2.45, 2.75) is 24.2 Å². The number of piperidine rings is 1. The zero-order valence-electron chi connectivity index (χ0n) is 18.6. The first-order valence-corrected chi connectivity index (χ1v) is 12.6. The van der Waals surface area contributed by atoms with Crippen LogP contribution in [-0.2, 0) is 17.1 Å². The maximum atomic E-state index is 13.1. The van der Waals surface area contributed by atoms with Gasteiger partial charge in [0.15, 0.2) is 5.11 Å². The summed E-state index contributed by atoms with van der Waals surface area (Å²) < 4.78 is 35.0. The van der Waals surface area contributed by atoms with E-state index >= 15 is 0 Å². The highest BCUT2D eigenvalue weighted by Gasteiger charge is 2.26. The van der Waals surface area contributed by atoms with Gasteiger partial charge in [-0.15, -0.1) is 0 Å². The van der Waals surface area contributed by atoms with Gasteiger partial charge in [-0.3, -0.25) is 5.43 Å². The summed E-state index contributed by atoms with van der Waals surface area (Å²) in [5.41, 5.74) is 5.29. The van der Waals surface area contributed by atoms with E-state index in [1.807, 2.05) is 48.1 Å². The first-order chi connectivity index (χ1) is 15.9. The fourth-order valence-corrected chi connectivity index (χ4v) is 5.65. The van der Waals surface area contributed by atoms with Crippen LogP contribution in [0.1, 0.15) is 24.8 Å². The third-order valence-corrected chi connectivity index (χ3v) is 7.73. The number of nitrogens with zero attached hydrogens (tertiary/aromatic N) is 3. The molecular weight excluding hydrogens is 458 g/mol. The molecule has 0 bridgehead atoms. The second-order valence-corrected chi connectivity index (χ2v) is 10.2. The van der Waals surface area contributed by atoms with Crippen molar-refractivity contribution in [3.63, 3.8) is 0 Å². The monoisotopic (exact) mass is 485 g/mol. The molecule has 2 heterocycles. The molecule has 3 aromatic rings. The number of methoxy groups -OCH3 is 1. The predicted molar refractivity (Wildman–Crippen MR) is 135 cm³/mol. The van der Waals surface area contributed by atoms with Crippen LogP contribution in [0.3, 0.4) is 0 Å². The molecule has 1 aliphatic rings. The average molecular weight is 486 g/mol. The Kier molecular flexibility index (Phi) is 6.96. The molecule has 0 radical (unpaired) electrons. The van der Waals surface area contributed by atoms with Crippen LogP contribution >= 0.6 is 12.2 Å². The van der Waals surface area contributed by atoms with Crippen molar-refractivity contribution in [1.29, 1.82) is 0 Å². The van der Waals surface area contributed by atoms with E-state index in [2.05, 4.69) is 15.8 Å². The van der Waals surface area contributed by atoms with E-state index in [1.165, 1.54) is 0 Å². The van der Waals surface area contributed by atoms with Crippen molar-refractivity contribution in [3.05, 3.63) is 54.2 Å². The standard InChI is InChI=1S/C23H27N5O3S2/c1-27-16-17(15-24-26-23(32)25-18-7-6-8-19(13-18)31-2)21-14-20(9-10-22(21)27)33(29,30)28-11-4-3-5-12-28/h6-10,13-16H,3-5,11-12H2,1-2H3,(H2,25,26,32)/b24-15-. The molecule has 1 aromatic heterocycles. The van der Waals surface area contributed by atoms with E-state index < -0.39 is 10.0 Å². The summed E-state index contributed by atoms with van der Waals surface area (Å²) in [5.74, 6) is 0.720. The number of rotatable bonds is 6. The molecule has 4 rings (SSSR count). The Morgan fingerprint density at radius 3 is 2.70 bits per heavy atom. The summed E-state index contributed by atoms with van der Waals surface area (Å²) in [5, 5.41) is 8.43. The number of aryl methyl sites for hydroxylation is 1. The van der Waals surface area contributed by atoms with Gasteiger partial charge in [0.1, 0.15) is 5.75 Å². The lowest BCUT2D eigenvalue weighted by molar-refractivity contribution is 0.346. The number of hydrogen-bond donors (Lipinski definition) is 2. The zero-order valence-corrected chi connectivity index (χ0v) is 20.2. The molecule has 2 N–H and O–H groups in total. The molecule has 2 aromatic carbocycles. The Labute approximate surface area is 199 Å². The average Bonchev–Trinajstić information content (AvgIpc) is 3.14. The highest BCUT2D eigenvalue weighted by atomic mass is 32.2. The Hall–Kier alpha value is -2.95. The fraction of sp³-hybridized carbons (Fsp3) is 0.304. The SMILES string of the molecule is COc1cccc(NC(=S)N/N=C\c2cn(C)c3ccc(S(=O)(=O)N4CCCCC4)cc23)c1. The van der Waals surface area contributed by atoms with Crippen LogP contribution in [0.15, 0.2) is 58.7 Å². The van der Waals surface area contributed by atoms with E-state index in [9.17, 15) is 8.42 Å². The van der Waals surface area contributed by atoms with Gasteiger partial charge in [-0.2, -0.15) is 9.41 Å². The van der Waals surface area contributed by atoms with E-state index in [0.717, 1.165) is 47.2 Å². The molecule has 0 saturated carbocycles. The molecule has 174 valence electrons. The smallest absolute Gasteiger partial charge is 0.243 e. The first kappa shape index (κ1) is 23.2. The van der Waals surface area contributed by atoms with Gasteiger partial charge in [-0.25, -0.2) is 8.42 Å². The maximum absolute atomic E-state index is 13.1. The first-order valence-electron chi connectivity index (χ1n) is 10.7. The fourth-order valence-electron chi connectivity index (χ4n) is 3.94. The number of hydrogen-bond acceptors (Lipinski definition) is 5. The summed E-state index contributed by atoms with van der Waals surface area (Å²) in [6, 6.07) is 12.7. The molecular formula is C23H27N5O3S2. The summed E-state index contributed by atoms with van der Waals surface area (Å²) in [6.07, 6.45) is 6.43. The number of hydrazone groups is 1. The maximum Gasteiger partial charge on any atom is 0.243 e. The minimum absolute atomic E-state index is 0.306. The van der Waals surface area contributed by atoms with Crippen molar-refractivity contribution >= 4 is 50.2 Å². The molecule has 1 fully saturated rings. The molecule has 1 saturated heterocycles. The quantitative estimate of drug-likeness (QED) is 0.315. The van der Waals surface area contributed by atoms with Crippen LogP contribution in [-0.4, -0.2) is 48.8 Å². The third-order valence-electron chi connectivity index (χ3n) is 5.64. The molecule has 8 nitrogen and oxygen atoms in total. The van der Waals surface area contributed by atoms with Gasteiger partial charge in [0.05, 0.1) is 18.2 Å². The molecule has 1 aliphatic heterocycles. The minimum Gasteiger partial charge on any atom is -0.497 e. The normalized spacial score (nSPS) is 15.1. The molecule has 0 aliphatic carbocycles. The van der Waals surface area contributed by atoms with Gasteiger partial charge in [-0.1, -0.05) is 12.5 Å². The van der Waals surface area contributed by atoms with Crippen molar-refractivity contribution in [2.24, 2.45) is 12.1 Å². The number of aromatic nitrogens is 1. The zero-order chi connectivity index (χ0) is 23.4. The van der Waals surface area contributed by atoms with Crippen molar-refractivity contribution in [3.8, 4) is 5.75 Å². The second-order valence-electron chi connectivity index (χ2n) is 7.90. The van der Waals surface area contributed by atoms with Gasteiger partial charge in [0.25, 0.3) is 0 Å². The number of anilines is 1. The van der Waals surface area contributed by atoms with Crippen molar-refractivity contribution in [1.82, 2.24) is 14.3 Å². The Balaban J connectivity index is 1.52. The minimum atomic E-state index is -3.51. The van der Waals surface area contributed by atoms with Crippen LogP contribution in [0.5, 0.6) is 5.75 Å². The van der Waals surface area contributed by atoms with Crippen LogP contribution in [0.4, 0.5) is 5.69 Å². The summed E-state index contributed by atoms with van der Waals surface area (Å²) >= 11 is 5.31. The molecule has 0 atom stereocenters. The van der Waals surface area contributed by atoms with Crippen LogP contribution < -0.4 is 15.5 Å². The van der Waals surface area contributed by atoms with Crippen molar-refractivity contribution < 1.29 is 13.2 Å². The van der Waals surface area contributed by atoms with E-state index in [1.54, 1.807) is 29.8 Å². The van der Waals surface area contributed by atoms with Crippen molar-refractivity contribution in [2.75, 3.05) is 25.5 Å². The lowest BCUT2D eigenvalue weighted by atomic mass is 10.2. The van der Waals surface area contributed by atoms with Gasteiger partial charge < -0.3 is 14.6 Å². The lowest BCUT2D eigenvalue weighted by Crippen LogP contribution is -2.35. The number of fused-ring (bicyclic) bond motifs is 1. The Morgan fingerprint density at radius 1 is 1.15 bits per heavy atom. The Morgan fingerprint density at radius 2 is 1.94 bits per heavy atom. The molecule has 0 unspecified atom stereocenters. The molecule has 0 spiro atoms. The number of nitrogens with one attached hydrogen (secondary N) is 2. The second kappa shape index (κ2) is 9.90. The largest absolute Gasteiger partial charge is 0.497 e.